The van der Waals surface area contributed by atoms with Crippen molar-refractivity contribution in [2.45, 2.75) is 51.4 Å². The van der Waals surface area contributed by atoms with Gasteiger partial charge < -0.3 is 9.84 Å². The second-order valence-corrected chi connectivity index (χ2v) is 5.60. The summed E-state index contributed by atoms with van der Waals surface area (Å²) in [5.74, 6) is 0. The molecule has 2 rings (SSSR count). The Hall–Kier alpha value is -0.390. The van der Waals surface area contributed by atoms with Gasteiger partial charge in [0.25, 0.3) is 0 Å². The lowest BCUT2D eigenvalue weighted by atomic mass is 10.1. The van der Waals surface area contributed by atoms with E-state index in [9.17, 15) is 5.11 Å². The lowest BCUT2D eigenvalue weighted by Gasteiger charge is -2.18. The van der Waals surface area contributed by atoms with Crippen molar-refractivity contribution in [3.63, 3.8) is 0 Å². The lowest BCUT2D eigenvalue weighted by Crippen LogP contribution is -2.29. The van der Waals surface area contributed by atoms with E-state index in [0.717, 1.165) is 28.7 Å². The molecular weight excluding hydrogens is 284 g/mol. The summed E-state index contributed by atoms with van der Waals surface area (Å²) in [4.78, 5) is 0. The highest BCUT2D eigenvalue weighted by Gasteiger charge is 2.29. The van der Waals surface area contributed by atoms with Gasteiger partial charge in [-0.2, -0.15) is 5.10 Å². The number of nitrogens with zero attached hydrogens (tertiary/aromatic N) is 2. The van der Waals surface area contributed by atoms with E-state index in [1.165, 1.54) is 0 Å². The van der Waals surface area contributed by atoms with Crippen LogP contribution >= 0.6 is 15.9 Å². The minimum absolute atomic E-state index is 0.0351. The van der Waals surface area contributed by atoms with Crippen LogP contribution in [0.5, 0.6) is 0 Å². The Morgan fingerprint density at radius 1 is 1.59 bits per heavy atom. The third-order valence-electron chi connectivity index (χ3n) is 3.36. The third-order valence-corrected chi connectivity index (χ3v) is 4.39. The number of aliphatic hydroxyl groups excluding tert-OH is 1. The molecule has 0 bridgehead atoms. The van der Waals surface area contributed by atoms with Crippen LogP contribution in [0, 0.1) is 6.92 Å². The summed E-state index contributed by atoms with van der Waals surface area (Å²) >= 11 is 3.51. The van der Waals surface area contributed by atoms with E-state index in [0.29, 0.717) is 6.42 Å². The van der Waals surface area contributed by atoms with Gasteiger partial charge in [0.1, 0.15) is 0 Å². The molecule has 0 saturated carbocycles. The first-order valence-electron chi connectivity index (χ1n) is 6.00. The van der Waals surface area contributed by atoms with Gasteiger partial charge in [0.05, 0.1) is 34.2 Å². The van der Waals surface area contributed by atoms with Gasteiger partial charge in [0.2, 0.25) is 0 Å². The molecule has 3 atom stereocenters. The highest BCUT2D eigenvalue weighted by atomic mass is 79.9. The van der Waals surface area contributed by atoms with Crippen molar-refractivity contribution >= 4 is 15.9 Å². The van der Waals surface area contributed by atoms with Crippen molar-refractivity contribution < 1.29 is 9.84 Å². The molecule has 0 radical (unpaired) electrons. The van der Waals surface area contributed by atoms with E-state index >= 15 is 0 Å². The number of aryl methyl sites for hydroxylation is 2. The van der Waals surface area contributed by atoms with Crippen LogP contribution in [0.15, 0.2) is 4.47 Å². The second kappa shape index (κ2) is 5.08. The molecule has 1 aliphatic heterocycles. The Morgan fingerprint density at radius 3 is 2.76 bits per heavy atom. The fraction of sp³-hybridized carbons (Fsp3) is 0.750. The molecule has 1 aliphatic rings. The Labute approximate surface area is 110 Å². The molecule has 0 aliphatic carbocycles. The highest BCUT2D eigenvalue weighted by Crippen LogP contribution is 2.26. The van der Waals surface area contributed by atoms with Crippen molar-refractivity contribution in [2.75, 3.05) is 0 Å². The molecule has 0 spiro atoms. The molecule has 1 fully saturated rings. The predicted molar refractivity (Wildman–Crippen MR) is 68.9 cm³/mol. The molecule has 2 heterocycles. The molecule has 1 N–H and O–H groups in total. The van der Waals surface area contributed by atoms with Gasteiger partial charge in [0.15, 0.2) is 0 Å². The zero-order valence-corrected chi connectivity index (χ0v) is 12.1. The summed E-state index contributed by atoms with van der Waals surface area (Å²) in [6, 6.07) is 0. The summed E-state index contributed by atoms with van der Waals surface area (Å²) < 4.78 is 8.50. The van der Waals surface area contributed by atoms with E-state index < -0.39 is 6.10 Å². The van der Waals surface area contributed by atoms with Crippen molar-refractivity contribution in [1.82, 2.24) is 9.78 Å². The summed E-state index contributed by atoms with van der Waals surface area (Å²) in [7, 11) is 1.90. The van der Waals surface area contributed by atoms with E-state index in [4.69, 9.17) is 4.74 Å². The number of hydrogen-bond acceptors (Lipinski definition) is 3. The van der Waals surface area contributed by atoms with Crippen molar-refractivity contribution in [2.24, 2.45) is 7.05 Å². The van der Waals surface area contributed by atoms with Crippen LogP contribution in [0.1, 0.15) is 31.2 Å². The van der Waals surface area contributed by atoms with Crippen molar-refractivity contribution in [3.8, 4) is 0 Å². The summed E-state index contributed by atoms with van der Waals surface area (Å²) in [6.45, 7) is 4.00. The standard InChI is InChI=1S/C12H19BrN2O2/c1-7-4-5-11(17-7)10(16)6-9-12(13)8(2)14-15(9)3/h7,10-11,16H,4-6H2,1-3H3. The number of halogens is 1. The number of hydrogen-bond donors (Lipinski definition) is 1. The monoisotopic (exact) mass is 302 g/mol. The Balaban J connectivity index is 2.05. The average molecular weight is 303 g/mol. The fourth-order valence-corrected chi connectivity index (χ4v) is 2.85. The first kappa shape index (κ1) is 13.1. The number of aliphatic hydroxyl groups is 1. The Morgan fingerprint density at radius 2 is 2.29 bits per heavy atom. The normalized spacial score (nSPS) is 26.4. The van der Waals surface area contributed by atoms with Crippen LogP contribution < -0.4 is 0 Å². The molecular formula is C12H19BrN2O2. The minimum Gasteiger partial charge on any atom is -0.390 e. The SMILES string of the molecule is Cc1nn(C)c(CC(O)C2CCC(C)O2)c1Br. The zero-order chi connectivity index (χ0) is 12.6. The summed E-state index contributed by atoms with van der Waals surface area (Å²) in [6.07, 6.45) is 2.34. The van der Waals surface area contributed by atoms with Gasteiger partial charge in [-0.05, 0) is 42.6 Å². The maximum Gasteiger partial charge on any atom is 0.0857 e. The summed E-state index contributed by atoms with van der Waals surface area (Å²) in [5.41, 5.74) is 1.98. The Bertz CT molecular complexity index is 405. The van der Waals surface area contributed by atoms with Gasteiger partial charge in [-0.3, -0.25) is 4.68 Å². The number of rotatable bonds is 3. The highest BCUT2D eigenvalue weighted by molar-refractivity contribution is 9.10. The summed E-state index contributed by atoms with van der Waals surface area (Å²) in [5, 5.41) is 14.5. The lowest BCUT2D eigenvalue weighted by molar-refractivity contribution is -0.0285. The molecule has 17 heavy (non-hydrogen) atoms. The number of ether oxygens (including phenoxy) is 1. The largest absolute Gasteiger partial charge is 0.390 e. The molecule has 1 aromatic heterocycles. The van der Waals surface area contributed by atoms with Gasteiger partial charge in [-0.1, -0.05) is 0 Å². The van der Waals surface area contributed by atoms with Crippen LogP contribution in [0.4, 0.5) is 0 Å². The molecule has 0 amide bonds. The molecule has 5 heteroatoms. The van der Waals surface area contributed by atoms with Crippen LogP contribution in [-0.4, -0.2) is 33.2 Å². The first-order chi connectivity index (χ1) is 7.99. The maximum absolute atomic E-state index is 10.2. The Kier molecular flexibility index (Phi) is 3.90. The van der Waals surface area contributed by atoms with Crippen LogP contribution in [0.2, 0.25) is 0 Å². The molecule has 0 aromatic carbocycles. The maximum atomic E-state index is 10.2. The first-order valence-corrected chi connectivity index (χ1v) is 6.79. The topological polar surface area (TPSA) is 47.3 Å². The third kappa shape index (κ3) is 2.72. The predicted octanol–water partition coefficient (Wildman–Crippen LogP) is 1.96. The molecule has 1 aromatic rings. The number of aromatic nitrogens is 2. The van der Waals surface area contributed by atoms with Crippen LogP contribution in [-0.2, 0) is 18.2 Å². The minimum atomic E-state index is -0.453. The van der Waals surface area contributed by atoms with Crippen LogP contribution in [0.3, 0.4) is 0 Å². The van der Waals surface area contributed by atoms with Crippen molar-refractivity contribution in [1.29, 1.82) is 0 Å². The van der Waals surface area contributed by atoms with Gasteiger partial charge in [-0.25, -0.2) is 0 Å². The van der Waals surface area contributed by atoms with E-state index in [1.54, 1.807) is 0 Å². The fourth-order valence-electron chi connectivity index (χ4n) is 2.35. The van der Waals surface area contributed by atoms with Gasteiger partial charge >= 0.3 is 0 Å². The molecule has 96 valence electrons. The van der Waals surface area contributed by atoms with E-state index in [-0.39, 0.29) is 12.2 Å². The zero-order valence-electron chi connectivity index (χ0n) is 10.5. The molecule has 3 unspecified atom stereocenters. The van der Waals surface area contributed by atoms with E-state index in [2.05, 4.69) is 28.0 Å². The van der Waals surface area contributed by atoms with E-state index in [1.807, 2.05) is 18.7 Å². The van der Waals surface area contributed by atoms with Crippen molar-refractivity contribution in [3.05, 3.63) is 15.9 Å². The quantitative estimate of drug-likeness (QED) is 0.928. The van der Waals surface area contributed by atoms with Crippen LogP contribution in [0.25, 0.3) is 0 Å². The van der Waals surface area contributed by atoms with Gasteiger partial charge in [-0.15, -0.1) is 0 Å². The average Bonchev–Trinajstić information content (AvgIpc) is 2.79. The second-order valence-electron chi connectivity index (χ2n) is 4.80. The van der Waals surface area contributed by atoms with Gasteiger partial charge in [0, 0.05) is 13.5 Å². The smallest absolute Gasteiger partial charge is 0.0857 e. The molecule has 1 saturated heterocycles. The molecule has 4 nitrogen and oxygen atoms in total.